The van der Waals surface area contributed by atoms with E-state index < -0.39 is 28.7 Å². The topological polar surface area (TPSA) is 61.4 Å². The zero-order chi connectivity index (χ0) is 28.2. The van der Waals surface area contributed by atoms with Crippen LogP contribution in [0.4, 0.5) is 10.1 Å². The van der Waals surface area contributed by atoms with E-state index in [1.54, 1.807) is 24.3 Å². The lowest BCUT2D eigenvalue weighted by molar-refractivity contribution is -0.135. The predicted molar refractivity (Wildman–Crippen MR) is 161 cm³/mol. The summed E-state index contributed by atoms with van der Waals surface area (Å²) in [7, 11) is 1.88. The molecule has 2 heterocycles. The maximum absolute atomic E-state index is 16.0. The van der Waals surface area contributed by atoms with E-state index in [0.717, 1.165) is 50.5 Å². The van der Waals surface area contributed by atoms with Gasteiger partial charge in [0.05, 0.1) is 11.1 Å². The SMILES string of the molecule is CS[C@H]1CC[C@H](N(C)C(=O)[C@@H]2NC3(CCCCC3)[C@@]3(C(=O)Nc4cc(Cl)ccc43)[C@H]2c2cccc(Cl)c2F)CC1. The van der Waals surface area contributed by atoms with Crippen LogP contribution < -0.4 is 10.6 Å². The fourth-order valence-electron chi connectivity index (χ4n) is 8.27. The first kappa shape index (κ1) is 28.3. The second kappa shape index (κ2) is 10.8. The summed E-state index contributed by atoms with van der Waals surface area (Å²) in [5.74, 6) is -1.65. The van der Waals surface area contributed by atoms with E-state index in [1.165, 1.54) is 6.07 Å². The van der Waals surface area contributed by atoms with Crippen molar-refractivity contribution in [2.45, 2.75) is 92.0 Å². The van der Waals surface area contributed by atoms with Gasteiger partial charge in [0.1, 0.15) is 11.2 Å². The molecule has 2 saturated carbocycles. The van der Waals surface area contributed by atoms with Crippen LogP contribution in [0.15, 0.2) is 36.4 Å². The van der Waals surface area contributed by atoms with Crippen molar-refractivity contribution in [2.24, 2.45) is 0 Å². The van der Waals surface area contributed by atoms with Crippen molar-refractivity contribution >= 4 is 52.5 Å². The predicted octanol–water partition coefficient (Wildman–Crippen LogP) is 6.91. The molecular formula is C31H36Cl2FN3O2S. The number of benzene rings is 2. The van der Waals surface area contributed by atoms with Gasteiger partial charge < -0.3 is 10.2 Å². The highest BCUT2D eigenvalue weighted by Gasteiger charge is 2.72. The highest BCUT2D eigenvalue weighted by molar-refractivity contribution is 7.99. The van der Waals surface area contributed by atoms with Crippen molar-refractivity contribution < 1.29 is 14.0 Å². The average molecular weight is 605 g/mol. The Morgan fingerprint density at radius 2 is 1.80 bits per heavy atom. The summed E-state index contributed by atoms with van der Waals surface area (Å²) in [6.07, 6.45) is 10.5. The molecule has 2 aliphatic heterocycles. The molecule has 3 atom stereocenters. The monoisotopic (exact) mass is 603 g/mol. The minimum atomic E-state index is -1.20. The number of nitrogens with one attached hydrogen (secondary N) is 2. The number of carbonyl (C=O) groups is 2. The largest absolute Gasteiger partial charge is 0.341 e. The Balaban J connectivity index is 1.52. The lowest BCUT2D eigenvalue weighted by Gasteiger charge is -2.47. The molecule has 9 heteroatoms. The van der Waals surface area contributed by atoms with E-state index in [2.05, 4.69) is 16.9 Å². The van der Waals surface area contributed by atoms with Gasteiger partial charge in [0.15, 0.2) is 0 Å². The molecule has 1 saturated heterocycles. The van der Waals surface area contributed by atoms with Gasteiger partial charge in [-0.25, -0.2) is 4.39 Å². The maximum Gasteiger partial charge on any atom is 0.240 e. The molecule has 2 amide bonds. The van der Waals surface area contributed by atoms with Crippen LogP contribution in [0.3, 0.4) is 0 Å². The molecule has 2 N–H and O–H groups in total. The van der Waals surface area contributed by atoms with Gasteiger partial charge in [-0.15, -0.1) is 0 Å². The molecule has 0 aromatic heterocycles. The van der Waals surface area contributed by atoms with Crippen molar-refractivity contribution in [2.75, 3.05) is 18.6 Å². The highest BCUT2D eigenvalue weighted by Crippen LogP contribution is 2.63. The summed E-state index contributed by atoms with van der Waals surface area (Å²) in [6, 6.07) is 9.69. The quantitative estimate of drug-likeness (QED) is 0.398. The van der Waals surface area contributed by atoms with Gasteiger partial charge in [-0.05, 0) is 74.1 Å². The van der Waals surface area contributed by atoms with Crippen molar-refractivity contribution in [1.29, 1.82) is 0 Å². The fraction of sp³-hybridized carbons (Fsp3) is 0.548. The number of halogens is 3. The molecule has 2 aromatic carbocycles. The number of nitrogens with zero attached hydrogens (tertiary/aromatic N) is 1. The molecule has 0 unspecified atom stereocenters. The maximum atomic E-state index is 16.0. The third-order valence-electron chi connectivity index (χ3n) is 10.2. The Morgan fingerprint density at radius 1 is 1.07 bits per heavy atom. The van der Waals surface area contributed by atoms with Crippen LogP contribution in [0, 0.1) is 5.82 Å². The summed E-state index contributed by atoms with van der Waals surface area (Å²) in [6.45, 7) is 0. The number of rotatable bonds is 4. The Labute approximate surface area is 249 Å². The van der Waals surface area contributed by atoms with E-state index in [4.69, 9.17) is 23.2 Å². The zero-order valence-corrected chi connectivity index (χ0v) is 25.3. The van der Waals surface area contributed by atoms with Gasteiger partial charge in [0.2, 0.25) is 11.8 Å². The molecule has 2 spiro atoms. The smallest absolute Gasteiger partial charge is 0.240 e. The van der Waals surface area contributed by atoms with Gasteiger partial charge in [0.25, 0.3) is 0 Å². The molecule has 2 aromatic rings. The first-order valence-electron chi connectivity index (χ1n) is 14.4. The number of fused-ring (bicyclic) bond motifs is 3. The van der Waals surface area contributed by atoms with Gasteiger partial charge >= 0.3 is 0 Å². The van der Waals surface area contributed by atoms with Gasteiger partial charge in [-0.3, -0.25) is 14.9 Å². The lowest BCUT2D eigenvalue weighted by atomic mass is 9.55. The third kappa shape index (κ3) is 4.21. The van der Waals surface area contributed by atoms with Crippen molar-refractivity contribution in [1.82, 2.24) is 10.2 Å². The van der Waals surface area contributed by atoms with E-state index in [-0.39, 0.29) is 22.9 Å². The Hall–Kier alpha value is -1.80. The first-order valence-corrected chi connectivity index (χ1v) is 16.4. The van der Waals surface area contributed by atoms with E-state index >= 15 is 4.39 Å². The number of hydrogen-bond acceptors (Lipinski definition) is 4. The van der Waals surface area contributed by atoms with Crippen LogP contribution >= 0.6 is 35.0 Å². The summed E-state index contributed by atoms with van der Waals surface area (Å²) in [4.78, 5) is 30.9. The average Bonchev–Trinajstić information content (AvgIpc) is 3.41. The molecule has 3 fully saturated rings. The number of carbonyl (C=O) groups excluding carboxylic acids is 2. The molecule has 214 valence electrons. The van der Waals surface area contributed by atoms with Crippen LogP contribution in [0.25, 0.3) is 0 Å². The molecule has 0 radical (unpaired) electrons. The standard InChI is InChI=1S/C31H36Cl2FN3O2S/c1-37(19-10-12-20(40-2)13-11-19)28(38)27-25(21-7-6-8-23(33)26(21)34)31(30(36-27)15-4-3-5-16-30)22-14-9-18(32)17-24(22)35-29(31)39/h6-9,14,17,19-20,25,27,36H,3-5,10-13,15-16H2,1-2H3,(H,35,39)/t19-,20-,25-,27+,31+/m0/s1. The van der Waals surface area contributed by atoms with Crippen LogP contribution in [0.1, 0.15) is 74.8 Å². The molecule has 0 bridgehead atoms. The molecule has 6 rings (SSSR count). The molecule has 4 aliphatic rings. The van der Waals surface area contributed by atoms with E-state index in [9.17, 15) is 9.59 Å². The third-order valence-corrected chi connectivity index (χ3v) is 11.8. The zero-order valence-electron chi connectivity index (χ0n) is 22.9. The summed E-state index contributed by atoms with van der Waals surface area (Å²) >= 11 is 14.6. The molecular weight excluding hydrogens is 568 g/mol. The van der Waals surface area contributed by atoms with Crippen molar-refractivity contribution in [3.8, 4) is 0 Å². The van der Waals surface area contributed by atoms with Crippen LogP contribution in [0.5, 0.6) is 0 Å². The summed E-state index contributed by atoms with van der Waals surface area (Å²) in [5, 5.41) is 7.98. The first-order chi connectivity index (χ1) is 19.2. The van der Waals surface area contributed by atoms with E-state index in [1.807, 2.05) is 29.8 Å². The second-order valence-corrected chi connectivity index (χ2v) is 13.9. The molecule has 40 heavy (non-hydrogen) atoms. The number of thioether (sulfide) groups is 1. The van der Waals surface area contributed by atoms with E-state index in [0.29, 0.717) is 34.4 Å². The summed E-state index contributed by atoms with van der Waals surface area (Å²) in [5.41, 5.74) is -0.201. The van der Waals surface area contributed by atoms with Gasteiger partial charge in [0, 0.05) is 40.5 Å². The minimum absolute atomic E-state index is 0.0121. The van der Waals surface area contributed by atoms with Gasteiger partial charge in [-0.1, -0.05) is 60.7 Å². The summed E-state index contributed by atoms with van der Waals surface area (Å²) < 4.78 is 16.0. The van der Waals surface area contributed by atoms with Gasteiger partial charge in [-0.2, -0.15) is 11.8 Å². The van der Waals surface area contributed by atoms with Crippen molar-refractivity contribution in [3.63, 3.8) is 0 Å². The fourth-order valence-corrected chi connectivity index (χ4v) is 9.37. The van der Waals surface area contributed by atoms with Crippen molar-refractivity contribution in [3.05, 3.63) is 63.4 Å². The lowest BCUT2D eigenvalue weighted by Crippen LogP contribution is -2.60. The number of anilines is 1. The second-order valence-electron chi connectivity index (χ2n) is 12.0. The Bertz CT molecular complexity index is 1330. The van der Waals surface area contributed by atoms with Crippen LogP contribution in [-0.2, 0) is 15.0 Å². The molecule has 5 nitrogen and oxygen atoms in total. The normalized spacial score (nSPS) is 30.9. The minimum Gasteiger partial charge on any atom is -0.341 e. The number of amides is 2. The number of likely N-dealkylation sites (N-methyl/N-ethyl adjacent to an activating group) is 1. The van der Waals surface area contributed by atoms with Crippen LogP contribution in [0.2, 0.25) is 10.0 Å². The Kier molecular flexibility index (Phi) is 7.64. The van der Waals surface area contributed by atoms with Crippen LogP contribution in [-0.4, -0.2) is 52.9 Å². The Morgan fingerprint density at radius 3 is 2.50 bits per heavy atom. The molecule has 2 aliphatic carbocycles. The number of hydrogen-bond donors (Lipinski definition) is 2. The highest BCUT2D eigenvalue weighted by atomic mass is 35.5.